The van der Waals surface area contributed by atoms with Gasteiger partial charge in [-0.3, -0.25) is 9.69 Å². The highest BCUT2D eigenvalue weighted by Crippen LogP contribution is 2.25. The molecular formula is C7H10N2O4. The van der Waals surface area contributed by atoms with E-state index >= 15 is 0 Å². The number of nitrogens with zero attached hydrogens (tertiary/aromatic N) is 1. The lowest BCUT2D eigenvalue weighted by Crippen LogP contribution is -2.61. The number of aliphatic carboxylic acids is 1. The molecule has 0 aliphatic carbocycles. The molecule has 0 saturated carbocycles. The fourth-order valence-electron chi connectivity index (χ4n) is 1.57. The van der Waals surface area contributed by atoms with Crippen molar-refractivity contribution in [2.24, 2.45) is 0 Å². The fraction of sp³-hybridized carbons (Fsp3) is 0.714. The van der Waals surface area contributed by atoms with E-state index in [1.165, 1.54) is 4.90 Å². The van der Waals surface area contributed by atoms with E-state index in [2.05, 4.69) is 5.32 Å². The Morgan fingerprint density at radius 1 is 1.69 bits per heavy atom. The molecule has 6 nitrogen and oxygen atoms in total. The Hall–Kier alpha value is -1.30. The Morgan fingerprint density at radius 2 is 2.38 bits per heavy atom. The van der Waals surface area contributed by atoms with Crippen molar-refractivity contribution >= 4 is 12.1 Å². The Morgan fingerprint density at radius 3 is 2.77 bits per heavy atom. The molecule has 2 aliphatic heterocycles. The minimum Gasteiger partial charge on any atom is -0.480 e. The molecule has 0 unspecified atom stereocenters. The highest BCUT2D eigenvalue weighted by atomic mass is 16.6. The van der Waals surface area contributed by atoms with Gasteiger partial charge in [-0.25, -0.2) is 4.79 Å². The van der Waals surface area contributed by atoms with Gasteiger partial charge in [0.15, 0.2) is 5.60 Å². The first-order chi connectivity index (χ1) is 6.11. The van der Waals surface area contributed by atoms with E-state index in [0.717, 1.165) is 0 Å². The smallest absolute Gasteiger partial charge is 0.411 e. The van der Waals surface area contributed by atoms with E-state index in [-0.39, 0.29) is 6.54 Å². The zero-order chi connectivity index (χ0) is 9.47. The fourth-order valence-corrected chi connectivity index (χ4v) is 1.57. The first kappa shape index (κ1) is 8.31. The Balaban J connectivity index is 1.99. The van der Waals surface area contributed by atoms with Crippen LogP contribution in [0.15, 0.2) is 0 Å². The van der Waals surface area contributed by atoms with Crippen LogP contribution in [-0.4, -0.2) is 53.8 Å². The van der Waals surface area contributed by atoms with Crippen LogP contribution >= 0.6 is 0 Å². The third kappa shape index (κ3) is 1.33. The van der Waals surface area contributed by atoms with Crippen molar-refractivity contribution in [3.05, 3.63) is 0 Å². The van der Waals surface area contributed by atoms with Crippen LogP contribution in [0.2, 0.25) is 0 Å². The summed E-state index contributed by atoms with van der Waals surface area (Å²) >= 11 is 0. The van der Waals surface area contributed by atoms with Gasteiger partial charge in [0.25, 0.3) is 0 Å². The van der Waals surface area contributed by atoms with Gasteiger partial charge in [0, 0.05) is 13.1 Å². The second-order valence-corrected chi connectivity index (χ2v) is 3.40. The maximum Gasteiger partial charge on any atom is 0.411 e. The van der Waals surface area contributed by atoms with Gasteiger partial charge < -0.3 is 15.2 Å². The van der Waals surface area contributed by atoms with Gasteiger partial charge in [-0.15, -0.1) is 0 Å². The van der Waals surface area contributed by atoms with Crippen LogP contribution in [0.25, 0.3) is 0 Å². The minimum absolute atomic E-state index is 0.277. The summed E-state index contributed by atoms with van der Waals surface area (Å²) in [5.74, 6) is -1.01. The number of amides is 1. The lowest BCUT2D eigenvalue weighted by atomic mass is 9.97. The van der Waals surface area contributed by atoms with Gasteiger partial charge in [0.05, 0.1) is 6.54 Å². The first-order valence-corrected chi connectivity index (χ1v) is 4.02. The third-order valence-corrected chi connectivity index (χ3v) is 2.26. The molecule has 0 radical (unpaired) electrons. The van der Waals surface area contributed by atoms with E-state index in [4.69, 9.17) is 9.84 Å². The molecule has 2 heterocycles. The number of rotatable bonds is 2. The van der Waals surface area contributed by atoms with Gasteiger partial charge in [0.1, 0.15) is 6.54 Å². The van der Waals surface area contributed by atoms with Gasteiger partial charge in [0.2, 0.25) is 0 Å². The van der Waals surface area contributed by atoms with Crippen molar-refractivity contribution < 1.29 is 19.4 Å². The average Bonchev–Trinajstić information content (AvgIpc) is 2.27. The van der Waals surface area contributed by atoms with Crippen LogP contribution in [0.3, 0.4) is 0 Å². The van der Waals surface area contributed by atoms with Crippen molar-refractivity contribution in [2.45, 2.75) is 5.60 Å². The second-order valence-electron chi connectivity index (χ2n) is 3.40. The summed E-state index contributed by atoms with van der Waals surface area (Å²) in [4.78, 5) is 22.7. The maximum absolute atomic E-state index is 11.1. The largest absolute Gasteiger partial charge is 0.480 e. The van der Waals surface area contributed by atoms with Crippen LogP contribution in [0, 0.1) is 0 Å². The summed E-state index contributed by atoms with van der Waals surface area (Å²) in [5, 5.41) is 11.5. The molecule has 2 aliphatic rings. The summed E-state index contributed by atoms with van der Waals surface area (Å²) in [6, 6.07) is 0. The van der Waals surface area contributed by atoms with Crippen LogP contribution in [0.4, 0.5) is 4.79 Å². The summed E-state index contributed by atoms with van der Waals surface area (Å²) in [6.45, 7) is 1.34. The Bertz CT molecular complexity index is 261. The highest BCUT2D eigenvalue weighted by Gasteiger charge is 2.49. The van der Waals surface area contributed by atoms with Crippen LogP contribution in [0.5, 0.6) is 0 Å². The van der Waals surface area contributed by atoms with Gasteiger partial charge in [-0.2, -0.15) is 0 Å². The van der Waals surface area contributed by atoms with Crippen molar-refractivity contribution in [1.82, 2.24) is 10.2 Å². The zero-order valence-electron chi connectivity index (χ0n) is 6.95. The molecule has 72 valence electrons. The normalized spacial score (nSPS) is 24.3. The van der Waals surface area contributed by atoms with Crippen LogP contribution in [0.1, 0.15) is 0 Å². The third-order valence-electron chi connectivity index (χ3n) is 2.26. The minimum atomic E-state index is -1.01. The summed E-state index contributed by atoms with van der Waals surface area (Å²) in [7, 11) is 0. The van der Waals surface area contributed by atoms with Gasteiger partial charge >= 0.3 is 12.1 Å². The molecule has 6 heteroatoms. The molecule has 0 aromatic rings. The van der Waals surface area contributed by atoms with Crippen molar-refractivity contribution in [2.75, 3.05) is 26.2 Å². The number of carbonyl (C=O) groups is 2. The number of carboxylic acids is 1. The predicted molar refractivity (Wildman–Crippen MR) is 41.3 cm³/mol. The van der Waals surface area contributed by atoms with Crippen molar-refractivity contribution in [1.29, 1.82) is 0 Å². The number of hydrogen-bond acceptors (Lipinski definition) is 4. The zero-order valence-corrected chi connectivity index (χ0v) is 6.95. The Kier molecular flexibility index (Phi) is 1.66. The molecule has 0 aromatic carbocycles. The molecule has 13 heavy (non-hydrogen) atoms. The van der Waals surface area contributed by atoms with Gasteiger partial charge in [-0.05, 0) is 0 Å². The molecule has 0 aromatic heterocycles. The van der Waals surface area contributed by atoms with Crippen molar-refractivity contribution in [3.63, 3.8) is 0 Å². The molecule has 0 atom stereocenters. The van der Waals surface area contributed by atoms with Crippen LogP contribution in [-0.2, 0) is 9.53 Å². The van der Waals surface area contributed by atoms with E-state index in [1.54, 1.807) is 0 Å². The molecule has 2 rings (SSSR count). The lowest BCUT2D eigenvalue weighted by Gasteiger charge is -2.36. The molecule has 2 N–H and O–H groups in total. The molecule has 2 fully saturated rings. The average molecular weight is 186 g/mol. The standard InChI is InChI=1S/C7H10N2O4/c10-5(11)1-9-4-7(2-8-3-7)13-6(9)12/h8H,1-4H2,(H,10,11). The molecule has 1 spiro atoms. The summed E-state index contributed by atoms with van der Waals surface area (Å²) in [5.41, 5.74) is -0.452. The predicted octanol–water partition coefficient (Wildman–Crippen LogP) is -1.13. The van der Waals surface area contributed by atoms with E-state index < -0.39 is 17.7 Å². The van der Waals surface area contributed by atoms with E-state index in [1.807, 2.05) is 0 Å². The first-order valence-electron chi connectivity index (χ1n) is 4.02. The van der Waals surface area contributed by atoms with Crippen LogP contribution < -0.4 is 5.32 Å². The number of hydrogen-bond donors (Lipinski definition) is 2. The molecule has 1 amide bonds. The van der Waals surface area contributed by atoms with E-state index in [9.17, 15) is 9.59 Å². The maximum atomic E-state index is 11.1. The van der Waals surface area contributed by atoms with Gasteiger partial charge in [-0.1, -0.05) is 0 Å². The molecule has 0 bridgehead atoms. The van der Waals surface area contributed by atoms with Crippen molar-refractivity contribution in [3.8, 4) is 0 Å². The SMILES string of the molecule is O=C(O)CN1CC2(CNC2)OC1=O. The Labute approximate surface area is 74.5 Å². The monoisotopic (exact) mass is 186 g/mol. The number of carbonyl (C=O) groups excluding carboxylic acids is 1. The summed E-state index contributed by atoms with van der Waals surface area (Å²) in [6.07, 6.45) is -0.524. The molecule has 2 saturated heterocycles. The second kappa shape index (κ2) is 2.59. The molecular weight excluding hydrogens is 176 g/mol. The highest BCUT2D eigenvalue weighted by molar-refractivity contribution is 5.78. The van der Waals surface area contributed by atoms with E-state index in [0.29, 0.717) is 19.6 Å². The number of carboxylic acid groups (broad SMARTS) is 1. The lowest BCUT2D eigenvalue weighted by molar-refractivity contribution is -0.137. The topological polar surface area (TPSA) is 78.9 Å². The number of nitrogens with one attached hydrogen (secondary N) is 1. The quantitative estimate of drug-likeness (QED) is 0.570. The number of ether oxygens (including phenoxy) is 1. The summed E-state index contributed by atoms with van der Waals surface area (Å²) < 4.78 is 5.06.